The van der Waals surface area contributed by atoms with Crippen LogP contribution in [0.3, 0.4) is 0 Å². The number of halogens is 2. The lowest BCUT2D eigenvalue weighted by Crippen LogP contribution is -2.18. The van der Waals surface area contributed by atoms with Gasteiger partial charge in [0.05, 0.1) is 27.3 Å². The Balaban J connectivity index is 1.58. The van der Waals surface area contributed by atoms with Crippen molar-refractivity contribution in [2.45, 2.75) is 0 Å². The van der Waals surface area contributed by atoms with Crippen LogP contribution in [0, 0.1) is 0 Å². The first-order valence-electron chi connectivity index (χ1n) is 8.57. The number of carbonyl (C=O) groups excluding carboxylic acids is 1. The molecule has 0 saturated heterocycles. The van der Waals surface area contributed by atoms with E-state index in [-0.39, 0.29) is 5.91 Å². The lowest BCUT2D eigenvalue weighted by atomic mass is 10.1. The minimum Gasteiger partial charge on any atom is -0.354 e. The van der Waals surface area contributed by atoms with Crippen molar-refractivity contribution < 1.29 is 4.79 Å². The van der Waals surface area contributed by atoms with Crippen molar-refractivity contribution in [1.29, 1.82) is 0 Å². The number of para-hydroxylation sites is 1. The third kappa shape index (κ3) is 3.79. The topological polar surface area (TPSA) is 57.2 Å². The average molecular weight is 408 g/mol. The number of hydrazone groups is 1. The second kappa shape index (κ2) is 7.89. The molecule has 4 rings (SSSR count). The van der Waals surface area contributed by atoms with Crippen LogP contribution >= 0.6 is 23.2 Å². The number of hydrogen-bond acceptors (Lipinski definition) is 2. The fraction of sp³-hybridized carbons (Fsp3) is 0. The van der Waals surface area contributed by atoms with Crippen molar-refractivity contribution in [1.82, 2.24) is 10.4 Å². The molecular formula is C22H15Cl2N3O. The highest BCUT2D eigenvalue weighted by Gasteiger charge is 2.12. The van der Waals surface area contributed by atoms with Crippen LogP contribution in [0.1, 0.15) is 15.9 Å². The Bertz CT molecular complexity index is 1180. The number of nitrogens with zero attached hydrogens (tertiary/aromatic N) is 1. The van der Waals surface area contributed by atoms with E-state index in [1.165, 1.54) is 6.21 Å². The van der Waals surface area contributed by atoms with Gasteiger partial charge in [-0.05, 0) is 35.4 Å². The summed E-state index contributed by atoms with van der Waals surface area (Å²) in [5.41, 5.74) is 6.59. The summed E-state index contributed by atoms with van der Waals surface area (Å²) < 4.78 is 0. The molecule has 0 aliphatic heterocycles. The highest BCUT2D eigenvalue weighted by atomic mass is 35.5. The molecule has 0 spiro atoms. The third-order valence-electron chi connectivity index (χ3n) is 4.31. The van der Waals surface area contributed by atoms with Crippen LogP contribution in [0.5, 0.6) is 0 Å². The van der Waals surface area contributed by atoms with Crippen molar-refractivity contribution in [3.05, 3.63) is 94.0 Å². The molecule has 0 bridgehead atoms. The van der Waals surface area contributed by atoms with Crippen LogP contribution in [-0.4, -0.2) is 17.1 Å². The smallest absolute Gasteiger partial charge is 0.273 e. The summed E-state index contributed by atoms with van der Waals surface area (Å²) in [6.45, 7) is 0. The lowest BCUT2D eigenvalue weighted by molar-refractivity contribution is 0.0956. The van der Waals surface area contributed by atoms with Gasteiger partial charge in [-0.3, -0.25) is 4.79 Å². The average Bonchev–Trinajstić information content (AvgIpc) is 3.15. The molecule has 0 saturated carbocycles. The van der Waals surface area contributed by atoms with Gasteiger partial charge < -0.3 is 4.98 Å². The fourth-order valence-corrected chi connectivity index (χ4v) is 3.24. The van der Waals surface area contributed by atoms with E-state index in [4.69, 9.17) is 23.2 Å². The molecule has 0 fully saturated rings. The summed E-state index contributed by atoms with van der Waals surface area (Å²) >= 11 is 11.9. The van der Waals surface area contributed by atoms with E-state index in [9.17, 15) is 4.79 Å². The molecule has 0 aliphatic rings. The summed E-state index contributed by atoms with van der Waals surface area (Å²) in [4.78, 5) is 16.0. The Morgan fingerprint density at radius 3 is 2.54 bits per heavy atom. The van der Waals surface area contributed by atoms with E-state index in [2.05, 4.69) is 15.5 Å². The number of carbonyl (C=O) groups is 1. The Hall–Kier alpha value is -3.08. The Labute approximate surface area is 171 Å². The normalized spacial score (nSPS) is 11.2. The van der Waals surface area contributed by atoms with E-state index in [1.54, 1.807) is 24.3 Å². The highest BCUT2D eigenvalue weighted by Crippen LogP contribution is 2.26. The third-order valence-corrected chi connectivity index (χ3v) is 5.05. The predicted molar refractivity (Wildman–Crippen MR) is 115 cm³/mol. The van der Waals surface area contributed by atoms with Gasteiger partial charge in [-0.1, -0.05) is 71.7 Å². The van der Waals surface area contributed by atoms with E-state index >= 15 is 0 Å². The number of aromatic amines is 1. The molecule has 0 atom stereocenters. The van der Waals surface area contributed by atoms with Gasteiger partial charge >= 0.3 is 0 Å². The summed E-state index contributed by atoms with van der Waals surface area (Å²) in [6.07, 6.45) is 1.52. The molecule has 0 radical (unpaired) electrons. The Morgan fingerprint density at radius 2 is 1.75 bits per heavy atom. The maximum atomic E-state index is 12.6. The molecule has 138 valence electrons. The molecule has 1 heterocycles. The van der Waals surface area contributed by atoms with Crippen molar-refractivity contribution in [2.75, 3.05) is 0 Å². The van der Waals surface area contributed by atoms with E-state index < -0.39 is 0 Å². The number of fused-ring (bicyclic) bond motifs is 1. The summed E-state index contributed by atoms with van der Waals surface area (Å²) in [5, 5.41) is 5.88. The molecule has 28 heavy (non-hydrogen) atoms. The first-order chi connectivity index (χ1) is 13.6. The summed E-state index contributed by atoms with van der Waals surface area (Å²) in [5.74, 6) is -0.302. The number of nitrogens with one attached hydrogen (secondary N) is 2. The molecule has 3 aromatic carbocycles. The first-order valence-corrected chi connectivity index (χ1v) is 9.33. The van der Waals surface area contributed by atoms with Gasteiger partial charge in [-0.2, -0.15) is 5.10 Å². The molecule has 4 aromatic rings. The van der Waals surface area contributed by atoms with Crippen molar-refractivity contribution in [2.24, 2.45) is 5.10 Å². The molecule has 0 unspecified atom stereocenters. The summed E-state index contributed by atoms with van der Waals surface area (Å²) in [6, 6.07) is 22.7. The Morgan fingerprint density at radius 1 is 0.929 bits per heavy atom. The van der Waals surface area contributed by atoms with Crippen molar-refractivity contribution >= 4 is 46.2 Å². The second-order valence-corrected chi connectivity index (χ2v) is 7.01. The molecule has 2 N–H and O–H groups in total. The highest BCUT2D eigenvalue weighted by molar-refractivity contribution is 6.42. The van der Waals surface area contributed by atoms with E-state index in [1.807, 2.05) is 48.5 Å². The monoisotopic (exact) mass is 407 g/mol. The SMILES string of the molecule is O=C(NN=Cc1ccc(Cl)c(Cl)c1)c1cccc2cc(-c3ccccc3)[nH]c12. The van der Waals surface area contributed by atoms with Crippen molar-refractivity contribution in [3.8, 4) is 11.3 Å². The van der Waals surface area contributed by atoms with Crippen LogP contribution in [0.25, 0.3) is 22.2 Å². The van der Waals surface area contributed by atoms with Crippen LogP contribution in [0.2, 0.25) is 10.0 Å². The molecule has 1 aromatic heterocycles. The molecule has 0 aliphatic carbocycles. The number of aromatic nitrogens is 1. The van der Waals surface area contributed by atoms with Gasteiger partial charge in [-0.15, -0.1) is 0 Å². The standard InChI is InChI=1S/C22H15Cl2N3O/c23-18-10-9-14(11-19(18)24)13-25-27-22(28)17-8-4-7-16-12-20(26-21(16)17)15-5-2-1-3-6-15/h1-13,26H,(H,27,28). The number of H-pyrrole nitrogens is 1. The number of amides is 1. The zero-order valence-electron chi connectivity index (χ0n) is 14.6. The second-order valence-electron chi connectivity index (χ2n) is 6.19. The van der Waals surface area contributed by atoms with Crippen LogP contribution in [-0.2, 0) is 0 Å². The van der Waals surface area contributed by atoms with E-state index in [0.29, 0.717) is 15.6 Å². The fourth-order valence-electron chi connectivity index (χ4n) is 2.94. The minimum absolute atomic E-state index is 0.302. The zero-order valence-corrected chi connectivity index (χ0v) is 16.1. The molecule has 1 amide bonds. The maximum absolute atomic E-state index is 12.6. The number of rotatable bonds is 4. The molecular weight excluding hydrogens is 393 g/mol. The van der Waals surface area contributed by atoms with Gasteiger partial charge in [0.2, 0.25) is 0 Å². The Kier molecular flexibility index (Phi) is 5.15. The van der Waals surface area contributed by atoms with Crippen LogP contribution in [0.4, 0.5) is 0 Å². The van der Waals surface area contributed by atoms with Crippen LogP contribution in [0.15, 0.2) is 77.9 Å². The predicted octanol–water partition coefficient (Wildman–Crippen LogP) is 5.91. The quantitative estimate of drug-likeness (QED) is 0.320. The molecule has 6 heteroatoms. The van der Waals surface area contributed by atoms with Gasteiger partial charge in [-0.25, -0.2) is 5.43 Å². The van der Waals surface area contributed by atoms with Gasteiger partial charge in [0.25, 0.3) is 5.91 Å². The summed E-state index contributed by atoms with van der Waals surface area (Å²) in [7, 11) is 0. The van der Waals surface area contributed by atoms with Crippen LogP contribution < -0.4 is 5.43 Å². The van der Waals surface area contributed by atoms with Gasteiger partial charge in [0, 0.05) is 11.1 Å². The van der Waals surface area contributed by atoms with Crippen molar-refractivity contribution in [3.63, 3.8) is 0 Å². The number of benzene rings is 3. The van der Waals surface area contributed by atoms with Gasteiger partial charge in [0.1, 0.15) is 0 Å². The van der Waals surface area contributed by atoms with E-state index in [0.717, 1.165) is 27.7 Å². The zero-order chi connectivity index (χ0) is 19.5. The minimum atomic E-state index is -0.302. The first kappa shape index (κ1) is 18.3. The largest absolute Gasteiger partial charge is 0.354 e. The number of hydrogen-bond donors (Lipinski definition) is 2. The van der Waals surface area contributed by atoms with Gasteiger partial charge in [0.15, 0.2) is 0 Å². The molecule has 4 nitrogen and oxygen atoms in total. The lowest BCUT2D eigenvalue weighted by Gasteiger charge is -2.02. The maximum Gasteiger partial charge on any atom is 0.273 e.